The highest BCUT2D eigenvalue weighted by molar-refractivity contribution is 6.08. The van der Waals surface area contributed by atoms with Gasteiger partial charge in [-0.05, 0) is 54.7 Å². The van der Waals surface area contributed by atoms with Crippen molar-refractivity contribution < 1.29 is 13.9 Å². The zero-order chi connectivity index (χ0) is 23.3. The average molecular weight is 455 g/mol. The minimum atomic E-state index is -0.270. The number of benzene rings is 3. The Morgan fingerprint density at radius 2 is 1.76 bits per heavy atom. The fraction of sp³-hybridized carbons (Fsp3) is 0.276. The van der Waals surface area contributed by atoms with E-state index < -0.39 is 0 Å². The van der Waals surface area contributed by atoms with E-state index in [1.54, 1.807) is 12.1 Å². The van der Waals surface area contributed by atoms with Crippen molar-refractivity contribution in [1.82, 2.24) is 9.47 Å². The van der Waals surface area contributed by atoms with Gasteiger partial charge in [-0.3, -0.25) is 4.79 Å². The second-order valence-corrected chi connectivity index (χ2v) is 9.43. The van der Waals surface area contributed by atoms with Crippen LogP contribution in [0.15, 0.2) is 72.8 Å². The van der Waals surface area contributed by atoms with E-state index in [1.165, 1.54) is 17.2 Å². The van der Waals surface area contributed by atoms with E-state index >= 15 is 0 Å². The summed E-state index contributed by atoms with van der Waals surface area (Å²) in [5.74, 6) is -0.186. The molecule has 2 aliphatic rings. The molecule has 172 valence electrons. The molecule has 0 aliphatic carbocycles. The quantitative estimate of drug-likeness (QED) is 0.392. The van der Waals surface area contributed by atoms with Crippen LogP contribution in [0.4, 0.5) is 4.39 Å². The van der Waals surface area contributed by atoms with E-state index in [0.29, 0.717) is 26.2 Å². The number of nitrogens with zero attached hydrogens (tertiary/aromatic N) is 2. The first-order valence-electron chi connectivity index (χ1n) is 11.9. The molecule has 0 bridgehead atoms. The molecule has 4 aromatic rings. The van der Waals surface area contributed by atoms with Crippen molar-refractivity contribution in [3.8, 4) is 0 Å². The number of aromatic nitrogens is 1. The molecule has 0 N–H and O–H groups in total. The molecule has 0 atom stereocenters. The second-order valence-electron chi connectivity index (χ2n) is 9.43. The summed E-state index contributed by atoms with van der Waals surface area (Å²) >= 11 is 0. The molecule has 1 aromatic heterocycles. The Kier molecular flexibility index (Phi) is 5.03. The number of hydrogen-bond donors (Lipinski definition) is 0. The Bertz CT molecular complexity index is 1400. The summed E-state index contributed by atoms with van der Waals surface area (Å²) in [6.07, 6.45) is 1.60. The zero-order valence-corrected chi connectivity index (χ0v) is 19.3. The van der Waals surface area contributed by atoms with Crippen molar-refractivity contribution in [2.45, 2.75) is 38.5 Å². The lowest BCUT2D eigenvalue weighted by Crippen LogP contribution is -2.45. The number of ether oxygens (including phenoxy) is 1. The topological polar surface area (TPSA) is 34.5 Å². The van der Waals surface area contributed by atoms with Crippen molar-refractivity contribution in [3.05, 3.63) is 107 Å². The second kappa shape index (κ2) is 8.10. The first kappa shape index (κ1) is 21.1. The number of carbonyl (C=O) groups excluding carboxylic acids is 1. The van der Waals surface area contributed by atoms with Gasteiger partial charge in [-0.25, -0.2) is 4.39 Å². The van der Waals surface area contributed by atoms with Crippen LogP contribution in [0, 0.1) is 12.7 Å². The monoisotopic (exact) mass is 454 g/mol. The summed E-state index contributed by atoms with van der Waals surface area (Å²) in [5.41, 5.74) is 5.81. The molecular weight excluding hydrogens is 427 g/mol. The lowest BCUT2D eigenvalue weighted by Gasteiger charge is -2.39. The maximum atomic E-state index is 13.8. The highest BCUT2D eigenvalue weighted by atomic mass is 19.1. The Hall–Kier alpha value is -3.44. The summed E-state index contributed by atoms with van der Waals surface area (Å²) in [5, 5.41) is 0.948. The molecule has 6 rings (SSSR count). The van der Waals surface area contributed by atoms with Gasteiger partial charge in [0.2, 0.25) is 0 Å². The van der Waals surface area contributed by atoms with E-state index in [2.05, 4.69) is 28.8 Å². The zero-order valence-electron chi connectivity index (χ0n) is 19.3. The number of para-hydroxylation sites is 1. The molecule has 1 spiro atoms. The molecule has 3 heterocycles. The van der Waals surface area contributed by atoms with Gasteiger partial charge in [0.05, 0.1) is 17.8 Å². The van der Waals surface area contributed by atoms with E-state index in [4.69, 9.17) is 4.74 Å². The molecule has 1 fully saturated rings. The molecule has 1 saturated heterocycles. The highest BCUT2D eigenvalue weighted by Gasteiger charge is 2.43. The third-order valence-electron chi connectivity index (χ3n) is 7.54. The standard InChI is InChI=1S/C29H27FN2O2/c1-20-27(24-10-3-5-12-26(24)32(20)18-21-7-6-9-23(30)17-21)28(33)31-15-13-29(14-16-31)25-11-4-2-8-22(25)19-34-29/h2-12,17H,13-16,18-19H2,1H3. The first-order chi connectivity index (χ1) is 16.6. The lowest BCUT2D eigenvalue weighted by molar-refractivity contribution is -0.0741. The smallest absolute Gasteiger partial charge is 0.256 e. The number of carbonyl (C=O) groups is 1. The van der Waals surface area contributed by atoms with Gasteiger partial charge in [-0.2, -0.15) is 0 Å². The summed E-state index contributed by atoms with van der Waals surface area (Å²) in [6, 6.07) is 23.1. The van der Waals surface area contributed by atoms with Gasteiger partial charge in [-0.1, -0.05) is 54.6 Å². The molecule has 1 amide bonds. The van der Waals surface area contributed by atoms with Gasteiger partial charge in [0.15, 0.2) is 0 Å². The maximum absolute atomic E-state index is 13.8. The largest absolute Gasteiger partial charge is 0.365 e. The van der Waals surface area contributed by atoms with Crippen molar-refractivity contribution in [1.29, 1.82) is 0 Å². The Morgan fingerprint density at radius 3 is 2.59 bits per heavy atom. The summed E-state index contributed by atoms with van der Waals surface area (Å²) < 4.78 is 22.2. The van der Waals surface area contributed by atoms with Crippen molar-refractivity contribution in [3.63, 3.8) is 0 Å². The molecule has 5 heteroatoms. The third-order valence-corrected chi connectivity index (χ3v) is 7.54. The molecule has 34 heavy (non-hydrogen) atoms. The van der Waals surface area contributed by atoms with Crippen molar-refractivity contribution in [2.75, 3.05) is 13.1 Å². The fourth-order valence-electron chi connectivity index (χ4n) is 5.75. The van der Waals surface area contributed by atoms with Crippen LogP contribution in [0.3, 0.4) is 0 Å². The van der Waals surface area contributed by atoms with Gasteiger partial charge in [-0.15, -0.1) is 0 Å². The molecule has 2 aliphatic heterocycles. The van der Waals surface area contributed by atoms with Gasteiger partial charge in [0.1, 0.15) is 5.82 Å². The van der Waals surface area contributed by atoms with E-state index in [-0.39, 0.29) is 17.3 Å². The molecule has 0 unspecified atom stereocenters. The Morgan fingerprint density at radius 1 is 1.00 bits per heavy atom. The first-order valence-corrected chi connectivity index (χ1v) is 11.9. The molecule has 0 saturated carbocycles. The van der Waals surface area contributed by atoms with Crippen LogP contribution in [-0.4, -0.2) is 28.5 Å². The van der Waals surface area contributed by atoms with E-state index in [1.807, 2.05) is 42.2 Å². The number of rotatable bonds is 3. The van der Waals surface area contributed by atoms with Crippen LogP contribution in [0.25, 0.3) is 10.9 Å². The minimum Gasteiger partial charge on any atom is -0.365 e. The van der Waals surface area contributed by atoms with Crippen LogP contribution in [0.5, 0.6) is 0 Å². The molecule has 0 radical (unpaired) electrons. The average Bonchev–Trinajstić information content (AvgIpc) is 3.35. The van der Waals surface area contributed by atoms with Gasteiger partial charge in [0.25, 0.3) is 5.91 Å². The number of likely N-dealkylation sites (tertiary alicyclic amines) is 1. The normalized spacial score (nSPS) is 16.8. The predicted octanol–water partition coefficient (Wildman–Crippen LogP) is 5.80. The summed E-state index contributed by atoms with van der Waals surface area (Å²) in [6.45, 7) is 4.49. The third kappa shape index (κ3) is 3.34. The van der Waals surface area contributed by atoms with Crippen molar-refractivity contribution in [2.24, 2.45) is 0 Å². The van der Waals surface area contributed by atoms with Crippen LogP contribution in [0.1, 0.15) is 45.6 Å². The SMILES string of the molecule is Cc1c(C(=O)N2CCC3(CC2)OCc2ccccc23)c2ccccc2n1Cc1cccc(F)c1. The molecular formula is C29H27FN2O2. The predicted molar refractivity (Wildman–Crippen MR) is 130 cm³/mol. The number of fused-ring (bicyclic) bond motifs is 3. The Balaban J connectivity index is 1.30. The summed E-state index contributed by atoms with van der Waals surface area (Å²) in [4.78, 5) is 15.8. The van der Waals surface area contributed by atoms with Crippen LogP contribution in [-0.2, 0) is 23.5 Å². The number of halogens is 1. The summed E-state index contributed by atoms with van der Waals surface area (Å²) in [7, 11) is 0. The molecule has 3 aromatic carbocycles. The minimum absolute atomic E-state index is 0.0628. The van der Waals surface area contributed by atoms with E-state index in [0.717, 1.165) is 40.6 Å². The van der Waals surface area contributed by atoms with Gasteiger partial charge in [0, 0.05) is 36.2 Å². The van der Waals surface area contributed by atoms with Gasteiger partial charge < -0.3 is 14.2 Å². The van der Waals surface area contributed by atoms with Crippen LogP contribution >= 0.6 is 0 Å². The fourth-order valence-corrected chi connectivity index (χ4v) is 5.75. The van der Waals surface area contributed by atoms with Crippen LogP contribution in [0.2, 0.25) is 0 Å². The van der Waals surface area contributed by atoms with Crippen molar-refractivity contribution >= 4 is 16.8 Å². The van der Waals surface area contributed by atoms with Gasteiger partial charge >= 0.3 is 0 Å². The highest BCUT2D eigenvalue weighted by Crippen LogP contribution is 2.44. The number of amides is 1. The number of hydrogen-bond acceptors (Lipinski definition) is 2. The van der Waals surface area contributed by atoms with Crippen LogP contribution < -0.4 is 0 Å². The maximum Gasteiger partial charge on any atom is 0.256 e. The lowest BCUT2D eigenvalue weighted by atomic mass is 9.83. The Labute approximate surface area is 198 Å². The molecule has 4 nitrogen and oxygen atoms in total. The van der Waals surface area contributed by atoms with E-state index in [9.17, 15) is 9.18 Å². The number of piperidine rings is 1.